The van der Waals surface area contributed by atoms with Gasteiger partial charge in [-0.2, -0.15) is 0 Å². The number of carbonyl (C=O) groups is 1. The molecule has 0 radical (unpaired) electrons. The second kappa shape index (κ2) is 6.91. The fourth-order valence-corrected chi connectivity index (χ4v) is 3.54. The van der Waals surface area contributed by atoms with Crippen molar-refractivity contribution in [2.45, 2.75) is 12.8 Å². The minimum absolute atomic E-state index is 0.0717. The van der Waals surface area contributed by atoms with Crippen molar-refractivity contribution in [3.8, 4) is 0 Å². The summed E-state index contributed by atoms with van der Waals surface area (Å²) < 4.78 is 22.6. The number of sulfone groups is 1. The Bertz CT molecular complexity index is 587. The number of nitrogen functional groups attached to an aromatic ring is 1. The van der Waals surface area contributed by atoms with Gasteiger partial charge in [-0.15, -0.1) is 0 Å². The van der Waals surface area contributed by atoms with E-state index in [0.717, 1.165) is 6.54 Å². The second-order valence-electron chi connectivity index (χ2n) is 5.23. The zero-order valence-corrected chi connectivity index (χ0v) is 12.7. The first-order valence-electron chi connectivity index (χ1n) is 7.03. The molecule has 0 aromatic heterocycles. The van der Waals surface area contributed by atoms with Crippen LogP contribution in [-0.2, 0) is 14.6 Å². The van der Waals surface area contributed by atoms with Gasteiger partial charge in [0.15, 0.2) is 9.84 Å². The molecule has 0 saturated carbocycles. The van der Waals surface area contributed by atoms with E-state index < -0.39 is 9.84 Å². The van der Waals surface area contributed by atoms with Crippen molar-refractivity contribution in [1.82, 2.24) is 4.90 Å². The molecule has 1 saturated heterocycles. The predicted octanol–water partition coefficient (Wildman–Crippen LogP) is 0.718. The minimum atomic E-state index is -2.84. The quantitative estimate of drug-likeness (QED) is 0.782. The molecule has 1 aliphatic heterocycles. The van der Waals surface area contributed by atoms with E-state index in [-0.39, 0.29) is 17.4 Å². The van der Waals surface area contributed by atoms with E-state index >= 15 is 0 Å². The third-order valence-corrected chi connectivity index (χ3v) is 5.16. The predicted molar refractivity (Wildman–Crippen MR) is 83.8 cm³/mol. The van der Waals surface area contributed by atoms with Crippen LogP contribution in [0.1, 0.15) is 12.8 Å². The van der Waals surface area contributed by atoms with Crippen LogP contribution in [0.5, 0.6) is 0 Å². The summed E-state index contributed by atoms with van der Waals surface area (Å²) in [5, 5.41) is 2.78. The van der Waals surface area contributed by atoms with Crippen molar-refractivity contribution >= 4 is 27.1 Å². The van der Waals surface area contributed by atoms with Crippen LogP contribution in [0.3, 0.4) is 0 Å². The third kappa shape index (κ3) is 5.02. The highest BCUT2D eigenvalue weighted by molar-refractivity contribution is 7.91. The topological polar surface area (TPSA) is 92.5 Å². The summed E-state index contributed by atoms with van der Waals surface area (Å²) in [6.45, 7) is 1.87. The van der Waals surface area contributed by atoms with Crippen LogP contribution in [0.2, 0.25) is 0 Å². The number of rotatable bonds is 5. The highest BCUT2D eigenvalue weighted by atomic mass is 32.2. The summed E-state index contributed by atoms with van der Waals surface area (Å²) >= 11 is 0. The molecule has 116 valence electrons. The third-order valence-electron chi connectivity index (χ3n) is 3.55. The van der Waals surface area contributed by atoms with Crippen LogP contribution in [0.4, 0.5) is 11.4 Å². The Kier molecular flexibility index (Phi) is 5.19. The summed E-state index contributed by atoms with van der Waals surface area (Å²) in [4.78, 5) is 13.9. The lowest BCUT2D eigenvalue weighted by molar-refractivity contribution is -0.116. The van der Waals surface area contributed by atoms with Crippen molar-refractivity contribution in [3.63, 3.8) is 0 Å². The van der Waals surface area contributed by atoms with E-state index in [1.165, 1.54) is 0 Å². The number of amides is 1. The van der Waals surface area contributed by atoms with E-state index in [0.29, 0.717) is 37.3 Å². The lowest BCUT2D eigenvalue weighted by Crippen LogP contribution is -2.40. The fourth-order valence-electron chi connectivity index (χ4n) is 2.26. The smallest absolute Gasteiger partial charge is 0.224 e. The van der Waals surface area contributed by atoms with Gasteiger partial charge in [0, 0.05) is 19.5 Å². The van der Waals surface area contributed by atoms with E-state index in [2.05, 4.69) is 10.2 Å². The molecular weight excluding hydrogens is 290 g/mol. The van der Waals surface area contributed by atoms with Gasteiger partial charge in [-0.3, -0.25) is 4.79 Å². The van der Waals surface area contributed by atoms with Crippen LogP contribution in [0.15, 0.2) is 24.3 Å². The van der Waals surface area contributed by atoms with Crippen LogP contribution in [0, 0.1) is 0 Å². The summed E-state index contributed by atoms with van der Waals surface area (Å²) in [6, 6.07) is 7.14. The molecule has 0 atom stereocenters. The first kappa shape index (κ1) is 15.8. The Morgan fingerprint density at radius 3 is 2.57 bits per heavy atom. The Morgan fingerprint density at radius 2 is 1.90 bits per heavy atom. The van der Waals surface area contributed by atoms with Gasteiger partial charge in [0.2, 0.25) is 5.91 Å². The maximum atomic E-state index is 11.8. The van der Waals surface area contributed by atoms with Crippen molar-refractivity contribution < 1.29 is 13.2 Å². The van der Waals surface area contributed by atoms with Crippen molar-refractivity contribution in [2.24, 2.45) is 0 Å². The molecule has 0 unspecified atom stereocenters. The SMILES string of the molecule is Nc1ccccc1NC(=O)CCCN1CCS(=O)(=O)CC1. The van der Waals surface area contributed by atoms with E-state index in [1.807, 2.05) is 12.1 Å². The number of nitrogens with one attached hydrogen (secondary N) is 1. The summed E-state index contributed by atoms with van der Waals surface area (Å²) in [5.74, 6) is 0.372. The van der Waals surface area contributed by atoms with Crippen molar-refractivity contribution in [2.75, 3.05) is 42.2 Å². The van der Waals surface area contributed by atoms with Crippen LogP contribution in [0.25, 0.3) is 0 Å². The van der Waals surface area contributed by atoms with Gasteiger partial charge < -0.3 is 16.0 Å². The van der Waals surface area contributed by atoms with Crippen LogP contribution in [-0.4, -0.2) is 50.4 Å². The van der Waals surface area contributed by atoms with Gasteiger partial charge in [-0.1, -0.05) is 12.1 Å². The molecule has 2 rings (SSSR count). The molecule has 6 nitrogen and oxygen atoms in total. The zero-order valence-electron chi connectivity index (χ0n) is 11.9. The van der Waals surface area contributed by atoms with Gasteiger partial charge in [0.05, 0.1) is 22.9 Å². The maximum Gasteiger partial charge on any atom is 0.224 e. The Labute approximate surface area is 125 Å². The largest absolute Gasteiger partial charge is 0.397 e. The number of anilines is 2. The Hall–Kier alpha value is -1.60. The van der Waals surface area contributed by atoms with Gasteiger partial charge >= 0.3 is 0 Å². The van der Waals surface area contributed by atoms with E-state index in [1.54, 1.807) is 12.1 Å². The minimum Gasteiger partial charge on any atom is -0.397 e. The summed E-state index contributed by atoms with van der Waals surface area (Å²) in [7, 11) is -2.84. The standard InChI is InChI=1S/C14H21N3O3S/c15-12-4-1-2-5-13(12)16-14(18)6-3-7-17-8-10-21(19,20)11-9-17/h1-2,4-5H,3,6-11,15H2,(H,16,18). The number of hydrogen-bond donors (Lipinski definition) is 2. The molecule has 1 aliphatic rings. The number of nitrogens with zero attached hydrogens (tertiary/aromatic N) is 1. The average Bonchev–Trinajstić information content (AvgIpc) is 2.43. The number of benzene rings is 1. The number of carbonyl (C=O) groups excluding carboxylic acids is 1. The lowest BCUT2D eigenvalue weighted by atomic mass is 10.2. The van der Waals surface area contributed by atoms with Gasteiger partial charge in [-0.25, -0.2) is 8.42 Å². The van der Waals surface area contributed by atoms with Gasteiger partial charge in [0.1, 0.15) is 0 Å². The molecular formula is C14H21N3O3S. The maximum absolute atomic E-state index is 11.8. The monoisotopic (exact) mass is 311 g/mol. The van der Waals surface area contributed by atoms with Gasteiger partial charge in [0.25, 0.3) is 0 Å². The zero-order chi connectivity index (χ0) is 15.3. The Morgan fingerprint density at radius 1 is 1.24 bits per heavy atom. The molecule has 3 N–H and O–H groups in total. The highest BCUT2D eigenvalue weighted by Gasteiger charge is 2.21. The second-order valence-corrected chi connectivity index (χ2v) is 7.54. The van der Waals surface area contributed by atoms with Crippen molar-refractivity contribution in [1.29, 1.82) is 0 Å². The lowest BCUT2D eigenvalue weighted by Gasteiger charge is -2.26. The molecule has 0 bridgehead atoms. The van der Waals surface area contributed by atoms with Crippen LogP contribution < -0.4 is 11.1 Å². The summed E-state index contributed by atoms with van der Waals surface area (Å²) in [5.41, 5.74) is 6.94. The van der Waals surface area contributed by atoms with E-state index in [4.69, 9.17) is 5.73 Å². The molecule has 7 heteroatoms. The molecule has 1 aromatic rings. The molecule has 21 heavy (non-hydrogen) atoms. The highest BCUT2D eigenvalue weighted by Crippen LogP contribution is 2.17. The molecule has 0 aliphatic carbocycles. The summed E-state index contributed by atoms with van der Waals surface area (Å²) in [6.07, 6.45) is 1.11. The fraction of sp³-hybridized carbons (Fsp3) is 0.500. The molecule has 0 spiro atoms. The van der Waals surface area contributed by atoms with E-state index in [9.17, 15) is 13.2 Å². The normalized spacial score (nSPS) is 18.3. The number of hydrogen-bond acceptors (Lipinski definition) is 5. The number of nitrogens with two attached hydrogens (primary N) is 1. The molecule has 1 amide bonds. The Balaban J connectivity index is 1.69. The van der Waals surface area contributed by atoms with Crippen LogP contribution >= 0.6 is 0 Å². The molecule has 1 fully saturated rings. The van der Waals surface area contributed by atoms with Crippen molar-refractivity contribution in [3.05, 3.63) is 24.3 Å². The molecule has 1 aromatic carbocycles. The first-order valence-corrected chi connectivity index (χ1v) is 8.85. The number of para-hydroxylation sites is 2. The van der Waals surface area contributed by atoms with Gasteiger partial charge in [-0.05, 0) is 25.1 Å². The average molecular weight is 311 g/mol. The molecule has 1 heterocycles. The first-order chi connectivity index (χ1) is 9.96.